The van der Waals surface area contributed by atoms with E-state index in [0.29, 0.717) is 11.5 Å². The Morgan fingerprint density at radius 2 is 1.60 bits per heavy atom. The number of nitrogens with zero attached hydrogens (tertiary/aromatic N) is 2. The second kappa shape index (κ2) is 8.53. The highest BCUT2D eigenvalue weighted by atomic mass is 16.5. The van der Waals surface area contributed by atoms with Crippen LogP contribution < -0.4 is 15.4 Å². The van der Waals surface area contributed by atoms with Gasteiger partial charge < -0.3 is 10.1 Å². The summed E-state index contributed by atoms with van der Waals surface area (Å²) in [5, 5.41) is 10.5. The number of ether oxygens (including phenoxy) is 1. The minimum atomic E-state index is -0.354. The third kappa shape index (κ3) is 4.33. The fourth-order valence-electron chi connectivity index (χ4n) is 3.05. The van der Waals surface area contributed by atoms with Gasteiger partial charge in [0.2, 0.25) is 0 Å². The summed E-state index contributed by atoms with van der Waals surface area (Å²) in [6, 6.07) is 26.5. The van der Waals surface area contributed by atoms with E-state index in [9.17, 15) is 4.79 Å². The smallest absolute Gasteiger partial charge is 0.324 e. The quantitative estimate of drug-likeness (QED) is 0.466. The van der Waals surface area contributed by atoms with E-state index < -0.39 is 0 Å². The molecule has 0 aliphatic rings. The number of aryl methyl sites for hydroxylation is 1. The summed E-state index contributed by atoms with van der Waals surface area (Å²) in [6.45, 7) is 2.04. The molecule has 4 rings (SSSR count). The lowest BCUT2D eigenvalue weighted by molar-refractivity contribution is 0.262. The van der Waals surface area contributed by atoms with Crippen LogP contribution in [0.1, 0.15) is 5.56 Å². The van der Waals surface area contributed by atoms with Gasteiger partial charge >= 0.3 is 6.03 Å². The summed E-state index contributed by atoms with van der Waals surface area (Å²) in [7, 11) is 1.60. The van der Waals surface area contributed by atoms with Crippen molar-refractivity contribution >= 4 is 17.5 Å². The van der Waals surface area contributed by atoms with Crippen LogP contribution in [0.4, 0.5) is 16.3 Å². The van der Waals surface area contributed by atoms with E-state index >= 15 is 0 Å². The summed E-state index contributed by atoms with van der Waals surface area (Å²) in [4.78, 5) is 12.6. The lowest BCUT2D eigenvalue weighted by Gasteiger charge is -2.10. The molecule has 0 fully saturated rings. The van der Waals surface area contributed by atoms with Crippen LogP contribution in [0.15, 0.2) is 84.9 Å². The van der Waals surface area contributed by atoms with Crippen molar-refractivity contribution in [1.82, 2.24) is 9.78 Å². The SMILES string of the molecule is COc1ccc(NC(=O)Nc2cc(-c3ccc(C)cc3)nn2-c2ccccc2)cc1. The van der Waals surface area contributed by atoms with Crippen LogP contribution in [0.25, 0.3) is 16.9 Å². The van der Waals surface area contributed by atoms with E-state index in [0.717, 1.165) is 22.7 Å². The third-order valence-electron chi connectivity index (χ3n) is 4.65. The number of methoxy groups -OCH3 is 1. The van der Waals surface area contributed by atoms with Crippen molar-refractivity contribution in [3.8, 4) is 22.7 Å². The average molecular weight is 398 g/mol. The number of hydrogen-bond donors (Lipinski definition) is 2. The van der Waals surface area contributed by atoms with E-state index in [1.54, 1.807) is 36.1 Å². The molecular formula is C24H22N4O2. The molecule has 2 amide bonds. The molecule has 2 N–H and O–H groups in total. The number of aromatic nitrogens is 2. The fourth-order valence-corrected chi connectivity index (χ4v) is 3.05. The second-order valence-electron chi connectivity index (χ2n) is 6.84. The van der Waals surface area contributed by atoms with E-state index in [1.807, 2.05) is 67.6 Å². The van der Waals surface area contributed by atoms with Gasteiger partial charge in [-0.1, -0.05) is 48.0 Å². The number of para-hydroxylation sites is 1. The summed E-state index contributed by atoms with van der Waals surface area (Å²) in [5.74, 6) is 1.30. The number of urea groups is 1. The maximum atomic E-state index is 12.6. The Labute approximate surface area is 175 Å². The Kier molecular flexibility index (Phi) is 5.48. The van der Waals surface area contributed by atoms with Crippen LogP contribution >= 0.6 is 0 Å². The van der Waals surface area contributed by atoms with Gasteiger partial charge in [0.15, 0.2) is 0 Å². The summed E-state index contributed by atoms with van der Waals surface area (Å²) in [6.07, 6.45) is 0. The first-order valence-corrected chi connectivity index (χ1v) is 9.57. The number of nitrogens with one attached hydrogen (secondary N) is 2. The van der Waals surface area contributed by atoms with Crippen molar-refractivity contribution in [3.63, 3.8) is 0 Å². The number of rotatable bonds is 5. The molecule has 6 heteroatoms. The average Bonchev–Trinajstić information content (AvgIpc) is 3.19. The molecule has 1 heterocycles. The molecule has 30 heavy (non-hydrogen) atoms. The number of carbonyl (C=O) groups is 1. The molecule has 0 aliphatic carbocycles. The molecule has 150 valence electrons. The van der Waals surface area contributed by atoms with Crippen LogP contribution in [0.5, 0.6) is 5.75 Å². The topological polar surface area (TPSA) is 68.2 Å². The molecular weight excluding hydrogens is 376 g/mol. The van der Waals surface area contributed by atoms with Gasteiger partial charge in [-0.05, 0) is 43.3 Å². The lowest BCUT2D eigenvalue weighted by Crippen LogP contribution is -2.21. The van der Waals surface area contributed by atoms with E-state index in [1.165, 1.54) is 5.56 Å². The zero-order valence-electron chi connectivity index (χ0n) is 16.8. The molecule has 0 bridgehead atoms. The standard InChI is InChI=1S/C24H22N4O2/c1-17-8-10-18(11-9-17)22-16-23(28(27-22)20-6-4-3-5-7-20)26-24(29)25-19-12-14-21(30-2)15-13-19/h3-16H,1-2H3,(H2,25,26,29). The van der Waals surface area contributed by atoms with Crippen LogP contribution in [0.3, 0.4) is 0 Å². The maximum Gasteiger partial charge on any atom is 0.324 e. The molecule has 6 nitrogen and oxygen atoms in total. The lowest BCUT2D eigenvalue weighted by atomic mass is 10.1. The minimum absolute atomic E-state index is 0.354. The van der Waals surface area contributed by atoms with Crippen molar-refractivity contribution in [2.24, 2.45) is 0 Å². The fraction of sp³-hybridized carbons (Fsp3) is 0.0833. The van der Waals surface area contributed by atoms with Crippen LogP contribution in [0.2, 0.25) is 0 Å². The number of anilines is 2. The monoisotopic (exact) mass is 398 g/mol. The molecule has 0 aliphatic heterocycles. The van der Waals surface area contributed by atoms with Crippen molar-refractivity contribution in [3.05, 3.63) is 90.5 Å². The van der Waals surface area contributed by atoms with Gasteiger partial charge in [-0.25, -0.2) is 9.48 Å². The maximum absolute atomic E-state index is 12.6. The molecule has 0 saturated carbocycles. The van der Waals surface area contributed by atoms with Crippen molar-refractivity contribution in [1.29, 1.82) is 0 Å². The summed E-state index contributed by atoms with van der Waals surface area (Å²) < 4.78 is 6.87. The van der Waals surface area contributed by atoms with Gasteiger partial charge in [0, 0.05) is 17.3 Å². The predicted octanol–water partition coefficient (Wildman–Crippen LogP) is 5.50. The zero-order valence-corrected chi connectivity index (χ0v) is 16.8. The molecule has 0 radical (unpaired) electrons. The van der Waals surface area contributed by atoms with E-state index in [-0.39, 0.29) is 6.03 Å². The molecule has 3 aromatic carbocycles. The third-order valence-corrected chi connectivity index (χ3v) is 4.65. The van der Waals surface area contributed by atoms with Gasteiger partial charge in [-0.15, -0.1) is 0 Å². The number of benzene rings is 3. The normalized spacial score (nSPS) is 10.5. The van der Waals surface area contributed by atoms with Crippen LogP contribution in [-0.4, -0.2) is 22.9 Å². The first kappa shape index (κ1) is 19.3. The number of carbonyl (C=O) groups excluding carboxylic acids is 1. The van der Waals surface area contributed by atoms with Gasteiger partial charge in [0.05, 0.1) is 18.5 Å². The van der Waals surface area contributed by atoms with Crippen molar-refractivity contribution in [2.75, 3.05) is 17.7 Å². The Morgan fingerprint density at radius 1 is 0.900 bits per heavy atom. The Balaban J connectivity index is 1.61. The van der Waals surface area contributed by atoms with E-state index in [2.05, 4.69) is 10.6 Å². The van der Waals surface area contributed by atoms with Crippen LogP contribution in [-0.2, 0) is 0 Å². The number of hydrogen-bond acceptors (Lipinski definition) is 3. The van der Waals surface area contributed by atoms with Gasteiger partial charge in [0.25, 0.3) is 0 Å². The molecule has 0 saturated heterocycles. The van der Waals surface area contributed by atoms with Crippen molar-refractivity contribution < 1.29 is 9.53 Å². The highest BCUT2D eigenvalue weighted by molar-refractivity contribution is 5.99. The first-order valence-electron chi connectivity index (χ1n) is 9.57. The molecule has 4 aromatic rings. The van der Waals surface area contributed by atoms with E-state index in [4.69, 9.17) is 9.84 Å². The second-order valence-corrected chi connectivity index (χ2v) is 6.84. The summed E-state index contributed by atoms with van der Waals surface area (Å²) in [5.41, 5.74) is 4.46. The highest BCUT2D eigenvalue weighted by Gasteiger charge is 2.14. The van der Waals surface area contributed by atoms with Gasteiger partial charge in [0.1, 0.15) is 11.6 Å². The Hall–Kier alpha value is -4.06. The van der Waals surface area contributed by atoms with Crippen LogP contribution in [0, 0.1) is 6.92 Å². The number of amides is 2. The first-order chi connectivity index (χ1) is 14.6. The molecule has 1 aromatic heterocycles. The predicted molar refractivity (Wildman–Crippen MR) is 119 cm³/mol. The molecule has 0 atom stereocenters. The molecule has 0 spiro atoms. The Bertz CT molecular complexity index is 1130. The molecule has 0 unspecified atom stereocenters. The van der Waals surface area contributed by atoms with Gasteiger partial charge in [-0.3, -0.25) is 5.32 Å². The zero-order chi connectivity index (χ0) is 20.9. The summed E-state index contributed by atoms with van der Waals surface area (Å²) >= 11 is 0. The van der Waals surface area contributed by atoms with Gasteiger partial charge in [-0.2, -0.15) is 5.10 Å². The Morgan fingerprint density at radius 3 is 2.27 bits per heavy atom. The minimum Gasteiger partial charge on any atom is -0.497 e. The van der Waals surface area contributed by atoms with Crippen molar-refractivity contribution in [2.45, 2.75) is 6.92 Å². The largest absolute Gasteiger partial charge is 0.497 e. The highest BCUT2D eigenvalue weighted by Crippen LogP contribution is 2.25.